The fourth-order valence-electron chi connectivity index (χ4n) is 4.05. The van der Waals surface area contributed by atoms with E-state index in [1.807, 2.05) is 58.0 Å². The zero-order valence-corrected chi connectivity index (χ0v) is 20.9. The van der Waals surface area contributed by atoms with E-state index < -0.39 is 11.7 Å². The van der Waals surface area contributed by atoms with Crippen LogP contribution in [0.25, 0.3) is 11.1 Å². The van der Waals surface area contributed by atoms with Gasteiger partial charge in [0, 0.05) is 30.2 Å². The molecule has 1 unspecified atom stereocenters. The van der Waals surface area contributed by atoms with E-state index in [0.29, 0.717) is 12.8 Å². The van der Waals surface area contributed by atoms with Crippen LogP contribution in [0.2, 0.25) is 0 Å². The quantitative estimate of drug-likeness (QED) is 0.603. The van der Waals surface area contributed by atoms with Gasteiger partial charge in [-0.1, -0.05) is 40.2 Å². The zero-order chi connectivity index (χ0) is 23.6. The van der Waals surface area contributed by atoms with Crippen molar-refractivity contribution in [3.05, 3.63) is 52.0 Å². The fourth-order valence-corrected chi connectivity index (χ4v) is 4.41. The van der Waals surface area contributed by atoms with Crippen molar-refractivity contribution in [2.45, 2.75) is 52.2 Å². The summed E-state index contributed by atoms with van der Waals surface area (Å²) < 4.78 is 6.63. The molecule has 3 rings (SSSR count). The molecule has 32 heavy (non-hydrogen) atoms. The van der Waals surface area contributed by atoms with E-state index in [9.17, 15) is 14.7 Å². The number of ether oxygens (including phenoxy) is 1. The van der Waals surface area contributed by atoms with Gasteiger partial charge in [-0.15, -0.1) is 0 Å². The summed E-state index contributed by atoms with van der Waals surface area (Å²) in [5.74, 6) is -0.00926. The van der Waals surface area contributed by atoms with Crippen LogP contribution in [-0.4, -0.2) is 47.8 Å². The average Bonchev–Trinajstić information content (AvgIpc) is 2.84. The van der Waals surface area contributed by atoms with Crippen molar-refractivity contribution < 1.29 is 19.4 Å². The zero-order valence-electron chi connectivity index (χ0n) is 19.3. The Hall–Kier alpha value is -2.38. The third-order valence-corrected chi connectivity index (χ3v) is 6.54. The molecule has 0 aromatic heterocycles. The van der Waals surface area contributed by atoms with Gasteiger partial charge in [-0.2, -0.15) is 0 Å². The fraction of sp³-hybridized carbons (Fsp3) is 0.440. The molecule has 0 aliphatic carbocycles. The third-order valence-electron chi connectivity index (χ3n) is 5.68. The number of halogens is 1. The summed E-state index contributed by atoms with van der Waals surface area (Å²) in [5.41, 5.74) is 4.15. The summed E-state index contributed by atoms with van der Waals surface area (Å²) >= 11 is 3.59. The lowest BCUT2D eigenvalue weighted by molar-refractivity contribution is -0.118. The van der Waals surface area contributed by atoms with Crippen LogP contribution in [0.5, 0.6) is 0 Å². The minimum absolute atomic E-state index is 0.00926. The van der Waals surface area contributed by atoms with Gasteiger partial charge in [0.05, 0.1) is 12.6 Å². The molecule has 0 fully saturated rings. The molecule has 0 spiro atoms. The van der Waals surface area contributed by atoms with Gasteiger partial charge in [0.15, 0.2) is 0 Å². The number of carbonyl (C=O) groups excluding carboxylic acids is 2. The Balaban J connectivity index is 2.10. The first-order chi connectivity index (χ1) is 15.0. The summed E-state index contributed by atoms with van der Waals surface area (Å²) in [4.78, 5) is 29.0. The predicted molar refractivity (Wildman–Crippen MR) is 130 cm³/mol. The van der Waals surface area contributed by atoms with Crippen LogP contribution in [-0.2, 0) is 9.53 Å². The van der Waals surface area contributed by atoms with E-state index in [1.165, 1.54) is 0 Å². The molecule has 1 aliphatic rings. The van der Waals surface area contributed by atoms with Crippen molar-refractivity contribution in [3.8, 4) is 11.1 Å². The van der Waals surface area contributed by atoms with Gasteiger partial charge < -0.3 is 14.7 Å². The van der Waals surface area contributed by atoms with Crippen LogP contribution >= 0.6 is 15.9 Å². The monoisotopic (exact) mass is 502 g/mol. The van der Waals surface area contributed by atoms with Gasteiger partial charge in [0.2, 0.25) is 5.91 Å². The minimum Gasteiger partial charge on any atom is -0.444 e. The number of benzene rings is 2. The van der Waals surface area contributed by atoms with Crippen molar-refractivity contribution in [1.82, 2.24) is 4.90 Å². The van der Waals surface area contributed by atoms with Crippen molar-refractivity contribution in [2.75, 3.05) is 25.1 Å². The van der Waals surface area contributed by atoms with Gasteiger partial charge in [-0.05, 0) is 68.5 Å². The van der Waals surface area contributed by atoms with Crippen LogP contribution < -0.4 is 4.90 Å². The predicted octanol–water partition coefficient (Wildman–Crippen LogP) is 5.45. The maximum atomic E-state index is 13.0. The van der Waals surface area contributed by atoms with Gasteiger partial charge in [0.1, 0.15) is 5.60 Å². The van der Waals surface area contributed by atoms with Crippen molar-refractivity contribution in [3.63, 3.8) is 0 Å². The second-order valence-electron chi connectivity index (χ2n) is 9.09. The molecule has 1 aliphatic heterocycles. The molecule has 7 heteroatoms. The molecular weight excluding hydrogens is 472 g/mol. The molecule has 172 valence electrons. The molecule has 2 aromatic carbocycles. The van der Waals surface area contributed by atoms with Gasteiger partial charge in [0.25, 0.3) is 0 Å². The molecule has 1 heterocycles. The van der Waals surface area contributed by atoms with Crippen LogP contribution in [0.15, 0.2) is 40.9 Å². The number of hydrogen-bond acceptors (Lipinski definition) is 4. The topological polar surface area (TPSA) is 70.1 Å². The molecule has 2 aromatic rings. The smallest absolute Gasteiger partial charge is 0.410 e. The Morgan fingerprint density at radius 2 is 2.00 bits per heavy atom. The number of carbonyl (C=O) groups is 2. The second kappa shape index (κ2) is 9.63. The maximum Gasteiger partial charge on any atom is 0.410 e. The van der Waals surface area contributed by atoms with Crippen molar-refractivity contribution >= 4 is 33.6 Å². The summed E-state index contributed by atoms with van der Waals surface area (Å²) in [6, 6.07) is 11.7. The standard InChI is InChI=1S/C25H31BrN2O4/c1-16-18(7-6-8-20(16)26)17-9-10-19-21(11-12-23(30)27(5)22(19)15-17)28(13-14-29)24(31)32-25(2,3)4/h6-10,15,21,29H,11-14H2,1-5H3. The second-order valence-corrected chi connectivity index (χ2v) is 9.94. The number of anilines is 1. The molecule has 2 amide bonds. The highest BCUT2D eigenvalue weighted by molar-refractivity contribution is 9.10. The molecule has 6 nitrogen and oxygen atoms in total. The number of rotatable bonds is 4. The highest BCUT2D eigenvalue weighted by Crippen LogP contribution is 2.40. The molecule has 0 saturated carbocycles. The first kappa shape index (κ1) is 24.3. The van der Waals surface area contributed by atoms with Gasteiger partial charge in [-0.25, -0.2) is 4.79 Å². The Kier molecular flexibility index (Phi) is 7.30. The van der Waals surface area contributed by atoms with Gasteiger partial charge >= 0.3 is 6.09 Å². The highest BCUT2D eigenvalue weighted by atomic mass is 79.9. The van der Waals surface area contributed by atoms with E-state index in [1.54, 1.807) is 16.8 Å². The highest BCUT2D eigenvalue weighted by Gasteiger charge is 2.34. The molecule has 0 radical (unpaired) electrons. The lowest BCUT2D eigenvalue weighted by Gasteiger charge is -2.33. The first-order valence-electron chi connectivity index (χ1n) is 10.8. The first-order valence-corrected chi connectivity index (χ1v) is 11.6. The number of aliphatic hydroxyl groups excluding tert-OH is 1. The summed E-state index contributed by atoms with van der Waals surface area (Å²) in [6.07, 6.45) is 0.266. The Morgan fingerprint density at radius 1 is 1.28 bits per heavy atom. The van der Waals surface area contributed by atoms with Crippen LogP contribution in [0, 0.1) is 6.92 Å². The van der Waals surface area contributed by atoms with Crippen LogP contribution in [0.1, 0.15) is 50.8 Å². The van der Waals surface area contributed by atoms with E-state index in [4.69, 9.17) is 4.74 Å². The van der Waals surface area contributed by atoms with Crippen molar-refractivity contribution in [2.24, 2.45) is 0 Å². The number of nitrogens with zero attached hydrogens (tertiary/aromatic N) is 2. The largest absolute Gasteiger partial charge is 0.444 e. The van der Waals surface area contributed by atoms with E-state index in [2.05, 4.69) is 22.0 Å². The SMILES string of the molecule is Cc1c(Br)cccc1-c1ccc2c(c1)N(C)C(=O)CCC2N(CCO)C(=O)OC(C)(C)C. The molecule has 1 atom stereocenters. The van der Waals surface area contributed by atoms with E-state index in [0.717, 1.165) is 32.4 Å². The van der Waals surface area contributed by atoms with Crippen LogP contribution in [0.3, 0.4) is 0 Å². The number of aliphatic hydroxyl groups is 1. The van der Waals surface area contributed by atoms with Gasteiger partial charge in [-0.3, -0.25) is 9.69 Å². The van der Waals surface area contributed by atoms with E-state index in [-0.39, 0.29) is 25.1 Å². The number of amides is 2. The summed E-state index contributed by atoms with van der Waals surface area (Å²) in [5, 5.41) is 9.65. The minimum atomic E-state index is -0.660. The molecule has 0 saturated heterocycles. The van der Waals surface area contributed by atoms with Crippen LogP contribution in [0.4, 0.5) is 10.5 Å². The summed E-state index contributed by atoms with van der Waals surface area (Å²) in [7, 11) is 1.77. The molecule has 0 bridgehead atoms. The Morgan fingerprint density at radius 3 is 2.66 bits per heavy atom. The van der Waals surface area contributed by atoms with E-state index >= 15 is 0 Å². The summed E-state index contributed by atoms with van der Waals surface area (Å²) in [6.45, 7) is 7.43. The molecular formula is C25H31BrN2O4. The lowest BCUT2D eigenvalue weighted by Crippen LogP contribution is -2.41. The lowest BCUT2D eigenvalue weighted by atomic mass is 9.94. The maximum absolute atomic E-state index is 13.0. The number of fused-ring (bicyclic) bond motifs is 1. The average molecular weight is 503 g/mol. The third kappa shape index (κ3) is 5.15. The molecule has 1 N–H and O–H groups in total. The Labute approximate surface area is 198 Å². The number of hydrogen-bond donors (Lipinski definition) is 1. The van der Waals surface area contributed by atoms with Crippen molar-refractivity contribution in [1.29, 1.82) is 0 Å². The normalized spacial score (nSPS) is 16.4. The Bertz CT molecular complexity index is 1020.